The van der Waals surface area contributed by atoms with Crippen molar-refractivity contribution in [2.45, 2.75) is 89.0 Å². The zero-order valence-electron chi connectivity index (χ0n) is 16.3. The average Bonchev–Trinajstić information content (AvgIpc) is 2.90. The summed E-state index contributed by atoms with van der Waals surface area (Å²) in [5, 5.41) is 20.8. The number of aliphatic hydroxyl groups is 2. The van der Waals surface area contributed by atoms with Gasteiger partial charge in [-0.25, -0.2) is 0 Å². The summed E-state index contributed by atoms with van der Waals surface area (Å²) in [6, 6.07) is 0. The topological polar surface area (TPSA) is 40.5 Å². The molecule has 7 atom stereocenters. The molecule has 4 aliphatic rings. The predicted octanol–water partition coefficient (Wildman–Crippen LogP) is 5.24. The van der Waals surface area contributed by atoms with Crippen LogP contribution in [0.25, 0.3) is 0 Å². The van der Waals surface area contributed by atoms with Crippen LogP contribution in [0.15, 0.2) is 11.6 Å². The van der Waals surface area contributed by atoms with Crippen molar-refractivity contribution in [3.8, 4) is 0 Å². The van der Waals surface area contributed by atoms with Crippen LogP contribution in [0.2, 0.25) is 0 Å². The number of hydrogen-bond donors (Lipinski definition) is 2. The Morgan fingerprint density at radius 2 is 1.61 bits per heavy atom. The number of hydrogen-bond acceptors (Lipinski definition) is 2. The summed E-state index contributed by atoms with van der Waals surface area (Å²) in [7, 11) is 0. The summed E-state index contributed by atoms with van der Waals surface area (Å²) in [4.78, 5) is 0. The quantitative estimate of drug-likeness (QED) is 0.460. The molecule has 0 aliphatic heterocycles. The Bertz CT molecular complexity index is 689. The highest BCUT2D eigenvalue weighted by atomic mass is 19.4. The molecular formula is C21H29F5O2. The number of allylic oxidation sites excluding steroid dienone is 1. The molecular weight excluding hydrogens is 379 g/mol. The zero-order chi connectivity index (χ0) is 20.8. The third-order valence-corrected chi connectivity index (χ3v) is 9.02. The summed E-state index contributed by atoms with van der Waals surface area (Å²) in [6.45, 7) is 4.12. The van der Waals surface area contributed by atoms with Gasteiger partial charge in [0.2, 0.25) is 0 Å². The van der Waals surface area contributed by atoms with Gasteiger partial charge in [0.05, 0.1) is 6.10 Å². The van der Waals surface area contributed by atoms with Crippen molar-refractivity contribution in [2.75, 3.05) is 0 Å². The fraction of sp³-hybridized carbons (Fsp3) is 0.905. The van der Waals surface area contributed by atoms with E-state index in [1.54, 1.807) is 0 Å². The molecule has 4 aliphatic carbocycles. The van der Waals surface area contributed by atoms with Crippen LogP contribution in [0.4, 0.5) is 22.0 Å². The first-order valence-electron chi connectivity index (χ1n) is 10.3. The van der Waals surface area contributed by atoms with Crippen molar-refractivity contribution < 1.29 is 32.2 Å². The van der Waals surface area contributed by atoms with Crippen molar-refractivity contribution in [2.24, 2.45) is 28.6 Å². The van der Waals surface area contributed by atoms with Crippen molar-refractivity contribution in [3.63, 3.8) is 0 Å². The minimum Gasteiger partial charge on any atom is -0.393 e. The van der Waals surface area contributed by atoms with E-state index < -0.39 is 29.5 Å². The van der Waals surface area contributed by atoms with E-state index in [4.69, 9.17) is 0 Å². The Hall–Kier alpha value is -0.690. The molecule has 4 rings (SSSR count). The Labute approximate surface area is 162 Å². The molecule has 0 amide bonds. The molecule has 28 heavy (non-hydrogen) atoms. The fourth-order valence-electron chi connectivity index (χ4n) is 7.19. The maximum atomic E-state index is 14.0. The highest BCUT2D eigenvalue weighted by Gasteiger charge is 2.71. The maximum absolute atomic E-state index is 14.0. The van der Waals surface area contributed by atoms with Gasteiger partial charge in [-0.15, -0.1) is 0 Å². The van der Waals surface area contributed by atoms with Crippen molar-refractivity contribution >= 4 is 0 Å². The van der Waals surface area contributed by atoms with E-state index in [1.807, 2.05) is 6.92 Å². The van der Waals surface area contributed by atoms with Crippen LogP contribution in [0, 0.1) is 28.6 Å². The second-order valence-electron chi connectivity index (χ2n) is 10.1. The molecule has 0 spiro atoms. The van der Waals surface area contributed by atoms with Gasteiger partial charge >= 0.3 is 12.1 Å². The first-order chi connectivity index (χ1) is 12.8. The van der Waals surface area contributed by atoms with Crippen molar-refractivity contribution in [1.29, 1.82) is 0 Å². The molecule has 2 nitrogen and oxygen atoms in total. The van der Waals surface area contributed by atoms with E-state index >= 15 is 0 Å². The Kier molecular flexibility index (Phi) is 4.36. The minimum absolute atomic E-state index is 0.114. The maximum Gasteiger partial charge on any atom is 0.456 e. The number of alkyl halides is 5. The molecule has 3 fully saturated rings. The molecule has 0 aromatic heterocycles. The number of rotatable bonds is 1. The normalized spacial score (nSPS) is 49.1. The first kappa shape index (κ1) is 20.6. The van der Waals surface area contributed by atoms with Gasteiger partial charge in [0.1, 0.15) is 0 Å². The van der Waals surface area contributed by atoms with Gasteiger partial charge in [-0.05, 0) is 86.0 Å². The average molecular weight is 408 g/mol. The first-order valence-corrected chi connectivity index (χ1v) is 10.3. The molecule has 0 aromatic carbocycles. The van der Waals surface area contributed by atoms with Gasteiger partial charge < -0.3 is 10.2 Å². The van der Waals surface area contributed by atoms with Crippen LogP contribution in [0.3, 0.4) is 0 Å². The smallest absolute Gasteiger partial charge is 0.393 e. The van der Waals surface area contributed by atoms with Crippen LogP contribution in [0.1, 0.15) is 65.2 Å². The SMILES string of the molecule is C[C@]12CC[C@H]3[C@@H](CCC4=C[C@](O)(C(F)(F)C(F)(F)F)CC[C@@]43C)[C@@H]1CC[C@@H]2O. The summed E-state index contributed by atoms with van der Waals surface area (Å²) in [5.74, 6) is -4.23. The zero-order valence-corrected chi connectivity index (χ0v) is 16.3. The molecule has 0 heterocycles. The van der Waals surface area contributed by atoms with Gasteiger partial charge in [0.25, 0.3) is 0 Å². The number of aliphatic hydroxyl groups excluding tert-OH is 1. The van der Waals surface area contributed by atoms with Crippen LogP contribution < -0.4 is 0 Å². The molecule has 160 valence electrons. The van der Waals surface area contributed by atoms with Gasteiger partial charge in [-0.3, -0.25) is 0 Å². The van der Waals surface area contributed by atoms with Gasteiger partial charge in [-0.1, -0.05) is 19.4 Å². The minimum atomic E-state index is -5.78. The van der Waals surface area contributed by atoms with Crippen molar-refractivity contribution in [3.05, 3.63) is 11.6 Å². The number of halogens is 5. The second kappa shape index (κ2) is 5.93. The lowest BCUT2D eigenvalue weighted by molar-refractivity contribution is -0.334. The summed E-state index contributed by atoms with van der Waals surface area (Å²) in [6.07, 6.45) is -1.10. The highest BCUT2D eigenvalue weighted by Crippen LogP contribution is 2.66. The van der Waals surface area contributed by atoms with Crippen molar-refractivity contribution in [1.82, 2.24) is 0 Å². The third kappa shape index (κ3) is 2.50. The van der Waals surface area contributed by atoms with Crippen LogP contribution >= 0.6 is 0 Å². The largest absolute Gasteiger partial charge is 0.456 e. The summed E-state index contributed by atoms with van der Waals surface area (Å²) < 4.78 is 66.8. The molecule has 3 saturated carbocycles. The molecule has 7 heteroatoms. The van der Waals surface area contributed by atoms with Crippen LogP contribution in [-0.4, -0.2) is 34.0 Å². The van der Waals surface area contributed by atoms with Crippen LogP contribution in [-0.2, 0) is 0 Å². The molecule has 0 saturated heterocycles. The molecule has 2 N–H and O–H groups in total. The highest BCUT2D eigenvalue weighted by molar-refractivity contribution is 5.30. The van der Waals surface area contributed by atoms with Gasteiger partial charge in [-0.2, -0.15) is 22.0 Å². The van der Waals surface area contributed by atoms with E-state index in [9.17, 15) is 32.2 Å². The Balaban J connectivity index is 1.67. The lowest BCUT2D eigenvalue weighted by atomic mass is 9.46. The van der Waals surface area contributed by atoms with Gasteiger partial charge in [0.15, 0.2) is 5.60 Å². The van der Waals surface area contributed by atoms with E-state index in [-0.39, 0.29) is 23.9 Å². The fourth-order valence-corrected chi connectivity index (χ4v) is 7.19. The van der Waals surface area contributed by atoms with Gasteiger partial charge in [0, 0.05) is 0 Å². The molecule has 0 bridgehead atoms. The standard InChI is InChI=1S/C21H29F5O2/c1-17-9-10-19(28,20(22,23)21(24,25)26)11-12(17)3-4-13-14-5-6-16(27)18(14,2)8-7-15(13)17/h11,13-16,27-28H,3-10H2,1-2H3/t13-,14-,15-,16-,17-,18-,19-/m0/s1. The van der Waals surface area contributed by atoms with E-state index in [2.05, 4.69) is 6.92 Å². The van der Waals surface area contributed by atoms with E-state index in [0.29, 0.717) is 23.8 Å². The van der Waals surface area contributed by atoms with E-state index in [1.165, 1.54) is 0 Å². The monoisotopic (exact) mass is 408 g/mol. The Morgan fingerprint density at radius 1 is 0.929 bits per heavy atom. The second-order valence-corrected chi connectivity index (χ2v) is 10.1. The summed E-state index contributed by atoms with van der Waals surface area (Å²) >= 11 is 0. The third-order valence-electron chi connectivity index (χ3n) is 9.02. The molecule has 0 aromatic rings. The number of fused-ring (bicyclic) bond motifs is 5. The molecule has 0 unspecified atom stereocenters. The van der Waals surface area contributed by atoms with E-state index in [0.717, 1.165) is 38.2 Å². The summed E-state index contributed by atoms with van der Waals surface area (Å²) in [5.41, 5.74) is -3.17. The molecule has 0 radical (unpaired) electrons. The van der Waals surface area contributed by atoms with Crippen LogP contribution in [0.5, 0.6) is 0 Å². The predicted molar refractivity (Wildman–Crippen MR) is 93.7 cm³/mol. The lowest BCUT2D eigenvalue weighted by Gasteiger charge is -2.59. The Morgan fingerprint density at radius 3 is 2.25 bits per heavy atom. The lowest BCUT2D eigenvalue weighted by Crippen LogP contribution is -2.59.